The van der Waals surface area contributed by atoms with Crippen LogP contribution in [0.2, 0.25) is 0 Å². The van der Waals surface area contributed by atoms with E-state index in [1.54, 1.807) is 23.8 Å². The number of nitrogens with zero attached hydrogens (tertiary/aromatic N) is 2. The Hall–Kier alpha value is -1.97. The molecule has 29 heavy (non-hydrogen) atoms. The van der Waals surface area contributed by atoms with Crippen molar-refractivity contribution in [2.75, 3.05) is 44.8 Å². The molecule has 2 saturated heterocycles. The SMILES string of the molecule is COc1ccc(C2CCN(C(=O)c3cc(S(=O)(=O)N4CCSCC4)c[nH]3)C2)cc1. The van der Waals surface area contributed by atoms with Crippen LogP contribution in [0.3, 0.4) is 0 Å². The first kappa shape index (κ1) is 20.3. The van der Waals surface area contributed by atoms with Gasteiger partial charge in [-0.2, -0.15) is 16.1 Å². The second-order valence-corrected chi connectivity index (χ2v) is 10.4. The highest BCUT2D eigenvalue weighted by Gasteiger charge is 2.31. The van der Waals surface area contributed by atoms with Gasteiger partial charge in [0.2, 0.25) is 10.0 Å². The summed E-state index contributed by atoms with van der Waals surface area (Å²) in [6.07, 6.45) is 2.32. The van der Waals surface area contributed by atoms with Gasteiger partial charge in [0.1, 0.15) is 16.3 Å². The molecule has 156 valence electrons. The van der Waals surface area contributed by atoms with Crippen LogP contribution in [0.5, 0.6) is 5.75 Å². The van der Waals surface area contributed by atoms with E-state index in [2.05, 4.69) is 4.98 Å². The molecule has 0 aliphatic carbocycles. The van der Waals surface area contributed by atoms with E-state index in [0.717, 1.165) is 23.7 Å². The molecule has 9 heteroatoms. The lowest BCUT2D eigenvalue weighted by Gasteiger charge is -2.24. The van der Waals surface area contributed by atoms with Crippen LogP contribution in [0, 0.1) is 0 Å². The molecule has 1 N–H and O–H groups in total. The molecule has 4 rings (SSSR count). The Morgan fingerprint density at radius 3 is 2.59 bits per heavy atom. The number of carbonyl (C=O) groups excluding carboxylic acids is 1. The summed E-state index contributed by atoms with van der Waals surface area (Å²) in [6, 6.07) is 9.41. The third-order valence-electron chi connectivity index (χ3n) is 5.56. The molecule has 0 saturated carbocycles. The number of nitrogens with one attached hydrogen (secondary N) is 1. The summed E-state index contributed by atoms with van der Waals surface area (Å²) in [5.74, 6) is 2.53. The lowest BCUT2D eigenvalue weighted by molar-refractivity contribution is 0.0785. The van der Waals surface area contributed by atoms with Crippen molar-refractivity contribution < 1.29 is 17.9 Å². The second-order valence-electron chi connectivity index (χ2n) is 7.28. The number of sulfonamides is 1. The van der Waals surface area contributed by atoms with Crippen molar-refractivity contribution in [3.05, 3.63) is 47.8 Å². The molecule has 1 aromatic carbocycles. The van der Waals surface area contributed by atoms with Crippen LogP contribution in [0.4, 0.5) is 0 Å². The zero-order valence-corrected chi connectivity index (χ0v) is 18.0. The van der Waals surface area contributed by atoms with E-state index in [4.69, 9.17) is 4.74 Å². The highest BCUT2D eigenvalue weighted by Crippen LogP contribution is 2.30. The van der Waals surface area contributed by atoms with Crippen molar-refractivity contribution in [2.45, 2.75) is 17.2 Å². The zero-order valence-electron chi connectivity index (χ0n) is 16.3. The maximum Gasteiger partial charge on any atom is 0.270 e. The van der Waals surface area contributed by atoms with Crippen molar-refractivity contribution in [3.63, 3.8) is 0 Å². The van der Waals surface area contributed by atoms with Gasteiger partial charge in [0.15, 0.2) is 0 Å². The van der Waals surface area contributed by atoms with E-state index in [0.29, 0.717) is 31.9 Å². The molecule has 2 fully saturated rings. The standard InChI is InChI=1S/C20H25N3O4S2/c1-27-17-4-2-15(3-5-17)16-6-7-22(14-16)20(24)19-12-18(13-21-19)29(25,26)23-8-10-28-11-9-23/h2-5,12-13,16,21H,6-11,14H2,1H3. The van der Waals surface area contributed by atoms with Gasteiger partial charge in [0.05, 0.1) is 7.11 Å². The van der Waals surface area contributed by atoms with Gasteiger partial charge in [0.25, 0.3) is 5.91 Å². The number of hydrogen-bond acceptors (Lipinski definition) is 5. The molecule has 0 bridgehead atoms. The Labute approximate surface area is 175 Å². The van der Waals surface area contributed by atoms with Crippen molar-refractivity contribution in [1.82, 2.24) is 14.2 Å². The number of H-pyrrole nitrogens is 1. The number of benzene rings is 1. The Balaban J connectivity index is 1.44. The minimum atomic E-state index is -3.55. The highest BCUT2D eigenvalue weighted by molar-refractivity contribution is 7.99. The van der Waals surface area contributed by atoms with Crippen molar-refractivity contribution in [2.24, 2.45) is 0 Å². The van der Waals surface area contributed by atoms with Gasteiger partial charge in [-0.25, -0.2) is 8.42 Å². The molecule has 0 radical (unpaired) electrons. The van der Waals surface area contributed by atoms with E-state index in [1.807, 2.05) is 24.3 Å². The summed E-state index contributed by atoms with van der Waals surface area (Å²) in [5.41, 5.74) is 1.50. The topological polar surface area (TPSA) is 82.7 Å². The quantitative estimate of drug-likeness (QED) is 0.780. The number of hydrogen-bond donors (Lipinski definition) is 1. The Bertz CT molecular complexity index is 966. The molecule has 2 aliphatic rings. The maximum absolute atomic E-state index is 12.9. The van der Waals surface area contributed by atoms with Crippen LogP contribution in [0.1, 0.15) is 28.4 Å². The summed E-state index contributed by atoms with van der Waals surface area (Å²) in [6.45, 7) is 2.30. The molecular weight excluding hydrogens is 410 g/mol. The minimum absolute atomic E-state index is 0.156. The van der Waals surface area contributed by atoms with Gasteiger partial charge in [-0.1, -0.05) is 12.1 Å². The highest BCUT2D eigenvalue weighted by atomic mass is 32.2. The molecule has 3 heterocycles. The molecule has 1 unspecified atom stereocenters. The fraction of sp³-hybridized carbons (Fsp3) is 0.450. The number of thioether (sulfide) groups is 1. The Morgan fingerprint density at radius 2 is 1.90 bits per heavy atom. The van der Waals surface area contributed by atoms with Crippen LogP contribution in [-0.2, 0) is 10.0 Å². The molecular formula is C20H25N3O4S2. The van der Waals surface area contributed by atoms with Crippen molar-refractivity contribution in [3.8, 4) is 5.75 Å². The molecule has 2 aromatic rings. The number of carbonyl (C=O) groups is 1. The molecule has 7 nitrogen and oxygen atoms in total. The van der Waals surface area contributed by atoms with Crippen LogP contribution < -0.4 is 4.74 Å². The third kappa shape index (κ3) is 4.17. The number of aromatic amines is 1. The van der Waals surface area contributed by atoms with Crippen molar-refractivity contribution >= 4 is 27.7 Å². The van der Waals surface area contributed by atoms with E-state index in [9.17, 15) is 13.2 Å². The first-order chi connectivity index (χ1) is 14.0. The number of methoxy groups -OCH3 is 1. The largest absolute Gasteiger partial charge is 0.497 e. The monoisotopic (exact) mass is 435 g/mol. The van der Waals surface area contributed by atoms with Gasteiger partial charge in [-0.05, 0) is 30.2 Å². The van der Waals surface area contributed by atoms with Crippen LogP contribution in [-0.4, -0.2) is 73.3 Å². The summed E-state index contributed by atoms with van der Waals surface area (Å²) >= 11 is 1.76. The molecule has 2 aliphatic heterocycles. The predicted octanol–water partition coefficient (Wildman–Crippen LogP) is 2.39. The van der Waals surface area contributed by atoms with Gasteiger partial charge in [-0.3, -0.25) is 4.79 Å². The first-order valence-electron chi connectivity index (χ1n) is 9.68. The minimum Gasteiger partial charge on any atom is -0.497 e. The third-order valence-corrected chi connectivity index (χ3v) is 8.38. The molecule has 1 amide bonds. The fourth-order valence-electron chi connectivity index (χ4n) is 3.85. The van der Waals surface area contributed by atoms with E-state index in [1.165, 1.54) is 22.1 Å². The van der Waals surface area contributed by atoms with Crippen LogP contribution in [0.15, 0.2) is 41.4 Å². The number of ether oxygens (including phenoxy) is 1. The number of rotatable bonds is 5. The van der Waals surface area contributed by atoms with E-state index in [-0.39, 0.29) is 16.7 Å². The smallest absolute Gasteiger partial charge is 0.270 e. The Morgan fingerprint density at radius 1 is 1.17 bits per heavy atom. The fourth-order valence-corrected chi connectivity index (χ4v) is 6.42. The molecule has 1 aromatic heterocycles. The summed E-state index contributed by atoms with van der Waals surface area (Å²) < 4.78 is 32.3. The summed E-state index contributed by atoms with van der Waals surface area (Å²) in [7, 11) is -1.91. The average molecular weight is 436 g/mol. The van der Waals surface area contributed by atoms with E-state index >= 15 is 0 Å². The average Bonchev–Trinajstić information content (AvgIpc) is 3.44. The maximum atomic E-state index is 12.9. The Kier molecular flexibility index (Phi) is 5.89. The van der Waals surface area contributed by atoms with Crippen LogP contribution in [0.25, 0.3) is 0 Å². The van der Waals surface area contributed by atoms with Gasteiger partial charge < -0.3 is 14.6 Å². The lowest BCUT2D eigenvalue weighted by Crippen LogP contribution is -2.37. The predicted molar refractivity (Wildman–Crippen MR) is 113 cm³/mol. The molecule has 1 atom stereocenters. The van der Waals surface area contributed by atoms with Crippen molar-refractivity contribution in [1.29, 1.82) is 0 Å². The molecule has 0 spiro atoms. The first-order valence-corrected chi connectivity index (χ1v) is 12.3. The number of amides is 1. The number of likely N-dealkylation sites (tertiary alicyclic amines) is 1. The van der Waals surface area contributed by atoms with Gasteiger partial charge >= 0.3 is 0 Å². The normalized spacial score (nSPS) is 20.7. The van der Waals surface area contributed by atoms with Gasteiger partial charge in [0, 0.05) is 49.8 Å². The van der Waals surface area contributed by atoms with E-state index < -0.39 is 10.0 Å². The summed E-state index contributed by atoms with van der Waals surface area (Å²) in [4.78, 5) is 17.7. The summed E-state index contributed by atoms with van der Waals surface area (Å²) in [5, 5.41) is 0. The zero-order chi connectivity index (χ0) is 20.4. The number of aromatic nitrogens is 1. The van der Waals surface area contributed by atoms with Gasteiger partial charge in [-0.15, -0.1) is 0 Å². The lowest BCUT2D eigenvalue weighted by atomic mass is 9.98. The van der Waals surface area contributed by atoms with Crippen LogP contribution >= 0.6 is 11.8 Å². The second kappa shape index (κ2) is 8.41.